The van der Waals surface area contributed by atoms with Crippen LogP contribution in [-0.2, 0) is 6.42 Å². The largest absolute Gasteiger partial charge is 0.505 e. The second-order valence-electron chi connectivity index (χ2n) is 7.22. The van der Waals surface area contributed by atoms with Crippen molar-refractivity contribution in [1.82, 2.24) is 9.97 Å². The fourth-order valence-corrected chi connectivity index (χ4v) is 3.89. The van der Waals surface area contributed by atoms with Crippen LogP contribution in [0.15, 0.2) is 66.9 Å². The fourth-order valence-electron chi connectivity index (χ4n) is 3.89. The summed E-state index contributed by atoms with van der Waals surface area (Å²) in [5.74, 6) is 1.57. The summed E-state index contributed by atoms with van der Waals surface area (Å²) < 4.78 is 11.0. The van der Waals surface area contributed by atoms with Gasteiger partial charge in [0.15, 0.2) is 11.5 Å². The Kier molecular flexibility index (Phi) is 4.28. The van der Waals surface area contributed by atoms with Crippen LogP contribution in [-0.4, -0.2) is 21.9 Å². The molecule has 5 nitrogen and oxygen atoms in total. The normalized spacial score (nSPS) is 13.6. The first-order chi connectivity index (χ1) is 14.2. The molecule has 5 rings (SSSR count). The average molecular weight is 384 g/mol. The number of hydrogen-bond donors (Lipinski definition) is 1. The van der Waals surface area contributed by atoms with Crippen molar-refractivity contribution in [2.75, 3.05) is 6.79 Å². The Morgan fingerprint density at radius 3 is 2.79 bits per heavy atom. The number of aryl methyl sites for hydroxylation is 1. The number of aromatic nitrogens is 2. The second kappa shape index (κ2) is 7.09. The lowest BCUT2D eigenvalue weighted by atomic mass is 9.86. The molecular weight excluding hydrogens is 364 g/mol. The van der Waals surface area contributed by atoms with Gasteiger partial charge in [-0.3, -0.25) is 9.97 Å². The van der Waals surface area contributed by atoms with Gasteiger partial charge in [0.05, 0.1) is 0 Å². The highest BCUT2D eigenvalue weighted by Gasteiger charge is 2.23. The zero-order valence-electron chi connectivity index (χ0n) is 16.0. The maximum absolute atomic E-state index is 11.1. The van der Waals surface area contributed by atoms with Crippen LogP contribution in [0, 0.1) is 6.92 Å². The lowest BCUT2D eigenvalue weighted by molar-refractivity contribution is 0.174. The molecule has 29 heavy (non-hydrogen) atoms. The van der Waals surface area contributed by atoms with Crippen molar-refractivity contribution in [3.8, 4) is 17.2 Å². The first kappa shape index (κ1) is 17.5. The topological polar surface area (TPSA) is 64.5 Å². The summed E-state index contributed by atoms with van der Waals surface area (Å²) in [5, 5.41) is 12.0. The number of ether oxygens (including phenoxy) is 2. The summed E-state index contributed by atoms with van der Waals surface area (Å²) in [7, 11) is 0. The van der Waals surface area contributed by atoms with E-state index in [4.69, 9.17) is 9.47 Å². The number of aromatic hydroxyl groups is 1. The molecule has 0 saturated carbocycles. The third-order valence-electron chi connectivity index (χ3n) is 5.31. The van der Waals surface area contributed by atoms with Crippen LogP contribution in [0.3, 0.4) is 0 Å². The molecule has 0 amide bonds. The lowest BCUT2D eigenvalue weighted by Crippen LogP contribution is -2.08. The van der Waals surface area contributed by atoms with Crippen molar-refractivity contribution in [3.63, 3.8) is 0 Å². The summed E-state index contributed by atoms with van der Waals surface area (Å²) in [6.45, 7) is 2.21. The van der Waals surface area contributed by atoms with Crippen LogP contribution in [0.1, 0.15) is 28.4 Å². The Morgan fingerprint density at radius 1 is 1.00 bits per heavy atom. The highest BCUT2D eigenvalue weighted by atomic mass is 16.7. The van der Waals surface area contributed by atoms with Gasteiger partial charge in [-0.05, 0) is 42.8 Å². The number of benzene rings is 2. The summed E-state index contributed by atoms with van der Waals surface area (Å²) in [5.41, 5.74) is 4.39. The van der Waals surface area contributed by atoms with Gasteiger partial charge >= 0.3 is 0 Å². The van der Waals surface area contributed by atoms with Crippen molar-refractivity contribution in [2.24, 2.45) is 0 Å². The van der Waals surface area contributed by atoms with Crippen LogP contribution >= 0.6 is 0 Å². The number of hydrogen-bond acceptors (Lipinski definition) is 5. The zero-order valence-corrected chi connectivity index (χ0v) is 16.0. The Morgan fingerprint density at radius 2 is 1.90 bits per heavy atom. The monoisotopic (exact) mass is 384 g/mol. The van der Waals surface area contributed by atoms with Gasteiger partial charge in [0, 0.05) is 40.9 Å². The molecule has 1 atom stereocenters. The van der Waals surface area contributed by atoms with Crippen LogP contribution in [0.5, 0.6) is 17.2 Å². The molecule has 0 fully saturated rings. The molecule has 5 heteroatoms. The molecule has 2 aromatic heterocycles. The van der Waals surface area contributed by atoms with Gasteiger partial charge in [-0.2, -0.15) is 0 Å². The standard InChI is InChI=1S/C24H20N2O3/c1-15-4-2-6-18(26-15)13-20(17-8-10-21-22(12-17)29-14-28-21)19-9-7-16-5-3-11-25-23(16)24(19)27/h2-12,20,27H,13-14H2,1H3. The number of rotatable bonds is 4. The minimum absolute atomic E-state index is 0.106. The van der Waals surface area contributed by atoms with Crippen molar-refractivity contribution < 1.29 is 14.6 Å². The van der Waals surface area contributed by atoms with Gasteiger partial charge in [-0.15, -0.1) is 0 Å². The van der Waals surface area contributed by atoms with Gasteiger partial charge in [-0.1, -0.05) is 30.3 Å². The van der Waals surface area contributed by atoms with Crippen LogP contribution in [0.4, 0.5) is 0 Å². The Labute approximate surface area is 168 Å². The summed E-state index contributed by atoms with van der Waals surface area (Å²) in [6, 6.07) is 19.7. The predicted octanol–water partition coefficient (Wildman–Crippen LogP) is 4.75. The summed E-state index contributed by atoms with van der Waals surface area (Å²) in [6.07, 6.45) is 2.34. The molecule has 3 heterocycles. The van der Waals surface area contributed by atoms with Gasteiger partial charge in [0.25, 0.3) is 0 Å². The molecule has 0 spiro atoms. The fraction of sp³-hybridized carbons (Fsp3) is 0.167. The van der Waals surface area contributed by atoms with Gasteiger partial charge in [0.2, 0.25) is 6.79 Å². The van der Waals surface area contributed by atoms with E-state index >= 15 is 0 Å². The average Bonchev–Trinajstić information content (AvgIpc) is 3.21. The SMILES string of the molecule is Cc1cccc(CC(c2ccc3c(c2)OCO3)c2ccc3cccnc3c2O)n1. The van der Waals surface area contributed by atoms with E-state index in [0.29, 0.717) is 11.9 Å². The van der Waals surface area contributed by atoms with Gasteiger partial charge in [0.1, 0.15) is 11.3 Å². The van der Waals surface area contributed by atoms with Crippen LogP contribution < -0.4 is 9.47 Å². The third-order valence-corrected chi connectivity index (χ3v) is 5.31. The van der Waals surface area contributed by atoms with Crippen LogP contribution in [0.2, 0.25) is 0 Å². The number of nitrogens with zero attached hydrogens (tertiary/aromatic N) is 2. The first-order valence-corrected chi connectivity index (χ1v) is 9.58. The van der Waals surface area contributed by atoms with E-state index in [1.807, 2.05) is 67.6 Å². The van der Waals surface area contributed by atoms with Crippen molar-refractivity contribution in [2.45, 2.75) is 19.3 Å². The van der Waals surface area contributed by atoms with E-state index in [1.165, 1.54) is 0 Å². The Bertz CT molecular complexity index is 1210. The molecule has 0 radical (unpaired) electrons. The van der Waals surface area contributed by atoms with Crippen molar-refractivity contribution in [1.29, 1.82) is 0 Å². The smallest absolute Gasteiger partial charge is 0.231 e. The van der Waals surface area contributed by atoms with Gasteiger partial charge in [-0.25, -0.2) is 0 Å². The molecule has 144 valence electrons. The number of fused-ring (bicyclic) bond motifs is 2. The number of phenols is 1. The molecule has 1 unspecified atom stereocenters. The van der Waals surface area contributed by atoms with Gasteiger partial charge < -0.3 is 14.6 Å². The van der Waals surface area contributed by atoms with E-state index in [9.17, 15) is 5.11 Å². The molecule has 1 aliphatic rings. The highest BCUT2D eigenvalue weighted by Crippen LogP contribution is 2.41. The molecule has 4 aromatic rings. The molecule has 1 N–H and O–H groups in total. The Balaban J connectivity index is 1.65. The highest BCUT2D eigenvalue weighted by molar-refractivity contribution is 5.85. The first-order valence-electron chi connectivity index (χ1n) is 9.58. The number of phenolic OH excluding ortho intramolecular Hbond substituents is 1. The molecule has 0 bridgehead atoms. The Hall–Kier alpha value is -3.60. The predicted molar refractivity (Wildman–Crippen MR) is 110 cm³/mol. The second-order valence-corrected chi connectivity index (χ2v) is 7.22. The van der Waals surface area contributed by atoms with Crippen molar-refractivity contribution >= 4 is 10.9 Å². The van der Waals surface area contributed by atoms with E-state index < -0.39 is 0 Å². The molecule has 0 saturated heterocycles. The molecule has 1 aliphatic heterocycles. The van der Waals surface area contributed by atoms with E-state index in [2.05, 4.69) is 9.97 Å². The summed E-state index contributed by atoms with van der Waals surface area (Å²) >= 11 is 0. The number of pyridine rings is 2. The lowest BCUT2D eigenvalue weighted by Gasteiger charge is -2.20. The van der Waals surface area contributed by atoms with Crippen molar-refractivity contribution in [3.05, 3.63) is 89.4 Å². The van der Waals surface area contributed by atoms with E-state index in [1.54, 1.807) is 6.20 Å². The molecular formula is C24H20N2O3. The summed E-state index contributed by atoms with van der Waals surface area (Å²) in [4.78, 5) is 9.06. The molecule has 0 aliphatic carbocycles. The minimum atomic E-state index is -0.106. The van der Waals surface area contributed by atoms with E-state index in [-0.39, 0.29) is 18.5 Å². The van der Waals surface area contributed by atoms with E-state index in [0.717, 1.165) is 39.4 Å². The quantitative estimate of drug-likeness (QED) is 0.550. The zero-order chi connectivity index (χ0) is 19.8. The maximum Gasteiger partial charge on any atom is 0.231 e. The van der Waals surface area contributed by atoms with Crippen LogP contribution in [0.25, 0.3) is 10.9 Å². The third kappa shape index (κ3) is 3.25. The maximum atomic E-state index is 11.1. The molecule has 2 aromatic carbocycles. The minimum Gasteiger partial charge on any atom is -0.505 e.